The third-order valence-electron chi connectivity index (χ3n) is 3.85. The molecular formula is C16H20N8O2. The molecule has 2 aromatic heterocycles. The predicted octanol–water partition coefficient (Wildman–Crippen LogP) is 1.21. The van der Waals surface area contributed by atoms with Crippen molar-refractivity contribution in [3.8, 4) is 0 Å². The van der Waals surface area contributed by atoms with Crippen LogP contribution in [-0.4, -0.2) is 55.5 Å². The van der Waals surface area contributed by atoms with E-state index in [0.717, 1.165) is 16.9 Å². The first-order valence-electron chi connectivity index (χ1n) is 7.95. The number of nitrogens with zero attached hydrogens (tertiary/aromatic N) is 6. The summed E-state index contributed by atoms with van der Waals surface area (Å²) < 4.78 is 1.98. The zero-order valence-corrected chi connectivity index (χ0v) is 15.0. The third kappa shape index (κ3) is 3.63. The maximum absolute atomic E-state index is 12.2. The summed E-state index contributed by atoms with van der Waals surface area (Å²) in [5.74, 6) is 0.900. The van der Waals surface area contributed by atoms with Crippen LogP contribution >= 0.6 is 0 Å². The summed E-state index contributed by atoms with van der Waals surface area (Å²) in [4.78, 5) is 30.8. The number of hydrogen-bond donors (Lipinski definition) is 2. The molecule has 3 amide bonds. The lowest BCUT2D eigenvalue weighted by Gasteiger charge is -2.09. The van der Waals surface area contributed by atoms with E-state index in [0.29, 0.717) is 5.69 Å². The molecule has 3 aromatic rings. The molecule has 2 N–H and O–H groups in total. The number of amides is 3. The molecule has 10 nitrogen and oxygen atoms in total. The topological polar surface area (TPSA) is 110 Å². The number of carbonyl (C=O) groups is 2. The molecule has 3 rings (SSSR count). The highest BCUT2D eigenvalue weighted by atomic mass is 16.2. The molecule has 0 radical (unpaired) electrons. The second-order valence-corrected chi connectivity index (χ2v) is 6.05. The van der Waals surface area contributed by atoms with E-state index in [1.165, 1.54) is 15.9 Å². The van der Waals surface area contributed by atoms with E-state index in [9.17, 15) is 9.59 Å². The smallest absolute Gasteiger partial charge is 0.322 e. The number of hydrogen-bond acceptors (Lipinski definition) is 5. The van der Waals surface area contributed by atoms with Crippen LogP contribution in [0.3, 0.4) is 0 Å². The molecule has 1 aromatic carbocycles. The largest absolute Gasteiger partial charge is 0.331 e. The van der Waals surface area contributed by atoms with Crippen molar-refractivity contribution in [2.45, 2.75) is 13.5 Å². The highest BCUT2D eigenvalue weighted by molar-refractivity contribution is 5.93. The highest BCUT2D eigenvalue weighted by Crippen LogP contribution is 2.19. The van der Waals surface area contributed by atoms with Crippen LogP contribution in [0.15, 0.2) is 24.4 Å². The molecule has 0 aliphatic rings. The van der Waals surface area contributed by atoms with Crippen molar-refractivity contribution < 1.29 is 9.59 Å². The average Bonchev–Trinajstić information content (AvgIpc) is 3.11. The normalized spacial score (nSPS) is 10.8. The minimum Gasteiger partial charge on any atom is -0.331 e. The Bertz CT molecular complexity index is 972. The Hall–Kier alpha value is -3.43. The van der Waals surface area contributed by atoms with Gasteiger partial charge in [-0.25, -0.2) is 9.78 Å². The Morgan fingerprint density at radius 1 is 1.23 bits per heavy atom. The molecule has 0 atom stereocenters. The number of nitrogens with one attached hydrogen (secondary N) is 2. The summed E-state index contributed by atoms with van der Waals surface area (Å²) in [6.07, 6.45) is 1.39. The van der Waals surface area contributed by atoms with Gasteiger partial charge in [0.2, 0.25) is 5.91 Å². The van der Waals surface area contributed by atoms with Crippen molar-refractivity contribution in [1.82, 2.24) is 29.4 Å². The first-order chi connectivity index (χ1) is 12.3. The Morgan fingerprint density at radius 2 is 2.00 bits per heavy atom. The van der Waals surface area contributed by atoms with E-state index in [-0.39, 0.29) is 24.3 Å². The van der Waals surface area contributed by atoms with Crippen LogP contribution < -0.4 is 10.6 Å². The minimum absolute atomic E-state index is 0.0723. The summed E-state index contributed by atoms with van der Waals surface area (Å²) in [5, 5.41) is 13.4. The van der Waals surface area contributed by atoms with E-state index in [4.69, 9.17) is 0 Å². The van der Waals surface area contributed by atoms with E-state index in [1.807, 2.05) is 36.7 Å². The number of aryl methyl sites for hydroxylation is 2. The van der Waals surface area contributed by atoms with Crippen molar-refractivity contribution >= 4 is 34.5 Å². The number of imidazole rings is 1. The van der Waals surface area contributed by atoms with Gasteiger partial charge in [-0.1, -0.05) is 0 Å². The van der Waals surface area contributed by atoms with Crippen molar-refractivity contribution in [3.63, 3.8) is 0 Å². The van der Waals surface area contributed by atoms with Crippen molar-refractivity contribution in [2.75, 3.05) is 24.7 Å². The summed E-state index contributed by atoms with van der Waals surface area (Å²) >= 11 is 0. The molecule has 0 saturated heterocycles. The summed E-state index contributed by atoms with van der Waals surface area (Å²) in [6.45, 7) is 1.85. The van der Waals surface area contributed by atoms with Gasteiger partial charge in [-0.15, -0.1) is 5.10 Å². The predicted molar refractivity (Wildman–Crippen MR) is 96.8 cm³/mol. The Labute approximate surface area is 149 Å². The molecule has 0 bridgehead atoms. The van der Waals surface area contributed by atoms with Crippen LogP contribution in [0.5, 0.6) is 0 Å². The number of benzene rings is 1. The molecule has 2 heterocycles. The molecular weight excluding hydrogens is 336 g/mol. The summed E-state index contributed by atoms with van der Waals surface area (Å²) in [5.41, 5.74) is 2.46. The SMILES string of the molecule is Cc1nc2cc(NC(=O)Cn3ncc(NC(=O)N(C)C)n3)ccc2n1C. The molecule has 0 saturated carbocycles. The van der Waals surface area contributed by atoms with E-state index in [2.05, 4.69) is 25.8 Å². The van der Waals surface area contributed by atoms with Gasteiger partial charge in [0.1, 0.15) is 12.4 Å². The molecule has 26 heavy (non-hydrogen) atoms. The third-order valence-corrected chi connectivity index (χ3v) is 3.85. The van der Waals surface area contributed by atoms with Crippen LogP contribution in [0.1, 0.15) is 5.82 Å². The van der Waals surface area contributed by atoms with Gasteiger partial charge in [0.25, 0.3) is 0 Å². The zero-order valence-electron chi connectivity index (χ0n) is 15.0. The van der Waals surface area contributed by atoms with E-state index < -0.39 is 0 Å². The monoisotopic (exact) mass is 356 g/mol. The van der Waals surface area contributed by atoms with Crippen molar-refractivity contribution in [2.24, 2.45) is 7.05 Å². The molecule has 0 fully saturated rings. The number of urea groups is 1. The number of aromatic nitrogens is 5. The molecule has 10 heteroatoms. The van der Waals surface area contributed by atoms with E-state index >= 15 is 0 Å². The maximum atomic E-state index is 12.2. The van der Waals surface area contributed by atoms with Crippen LogP contribution in [0.25, 0.3) is 11.0 Å². The standard InChI is InChI=1S/C16H20N8O2/c1-10-18-12-7-11(5-6-13(12)23(10)4)19-15(25)9-24-17-8-14(21-24)20-16(26)22(2)3/h5-8H,9H2,1-4H3,(H,19,25)(H,20,21,26). The second kappa shape index (κ2) is 6.82. The lowest BCUT2D eigenvalue weighted by atomic mass is 10.2. The van der Waals surface area contributed by atoms with Crippen molar-refractivity contribution in [3.05, 3.63) is 30.2 Å². The van der Waals surface area contributed by atoms with Gasteiger partial charge in [0, 0.05) is 26.8 Å². The highest BCUT2D eigenvalue weighted by Gasteiger charge is 2.11. The van der Waals surface area contributed by atoms with Crippen LogP contribution in [0.4, 0.5) is 16.3 Å². The van der Waals surface area contributed by atoms with Crippen LogP contribution in [-0.2, 0) is 18.4 Å². The summed E-state index contributed by atoms with van der Waals surface area (Å²) in [7, 11) is 5.18. The molecule has 0 unspecified atom stereocenters. The fraction of sp³-hybridized carbons (Fsp3) is 0.312. The summed E-state index contributed by atoms with van der Waals surface area (Å²) in [6, 6.07) is 5.23. The van der Waals surface area contributed by atoms with Crippen LogP contribution in [0, 0.1) is 6.92 Å². The second-order valence-electron chi connectivity index (χ2n) is 6.05. The number of fused-ring (bicyclic) bond motifs is 1. The van der Waals surface area contributed by atoms with Gasteiger partial charge in [-0.2, -0.15) is 9.90 Å². The van der Waals surface area contributed by atoms with E-state index in [1.54, 1.807) is 14.1 Å². The number of carbonyl (C=O) groups excluding carboxylic acids is 2. The van der Waals surface area contributed by atoms with Gasteiger partial charge in [-0.05, 0) is 25.1 Å². The van der Waals surface area contributed by atoms with Crippen LogP contribution in [0.2, 0.25) is 0 Å². The number of rotatable bonds is 4. The zero-order chi connectivity index (χ0) is 18.8. The lowest BCUT2D eigenvalue weighted by Crippen LogP contribution is -2.27. The van der Waals surface area contributed by atoms with Gasteiger partial charge in [-0.3, -0.25) is 10.1 Å². The first kappa shape index (κ1) is 17.4. The van der Waals surface area contributed by atoms with Gasteiger partial charge in [0.05, 0.1) is 17.2 Å². The lowest BCUT2D eigenvalue weighted by molar-refractivity contribution is -0.117. The molecule has 0 spiro atoms. The molecule has 0 aliphatic heterocycles. The Balaban J connectivity index is 1.64. The fourth-order valence-electron chi connectivity index (χ4n) is 2.38. The van der Waals surface area contributed by atoms with Gasteiger partial charge >= 0.3 is 6.03 Å². The van der Waals surface area contributed by atoms with Gasteiger partial charge in [0.15, 0.2) is 5.82 Å². The minimum atomic E-state index is -0.319. The fourth-order valence-corrected chi connectivity index (χ4v) is 2.38. The van der Waals surface area contributed by atoms with Crippen molar-refractivity contribution in [1.29, 1.82) is 0 Å². The quantitative estimate of drug-likeness (QED) is 0.730. The molecule has 136 valence electrons. The number of anilines is 2. The molecule has 0 aliphatic carbocycles. The average molecular weight is 356 g/mol. The maximum Gasteiger partial charge on any atom is 0.322 e. The Kier molecular flexibility index (Phi) is 4.57. The Morgan fingerprint density at radius 3 is 2.73 bits per heavy atom. The first-order valence-corrected chi connectivity index (χ1v) is 7.95. The van der Waals surface area contributed by atoms with Gasteiger partial charge < -0.3 is 14.8 Å².